The molecule has 2 aromatic rings. The van der Waals surface area contributed by atoms with Crippen LogP contribution in [0.5, 0.6) is 0 Å². The maximum atomic E-state index is 6.32. The van der Waals surface area contributed by atoms with E-state index in [1.807, 2.05) is 73.7 Å². The zero-order chi connectivity index (χ0) is 19.2. The quantitative estimate of drug-likeness (QED) is 0.650. The third-order valence-electron chi connectivity index (χ3n) is 4.96. The van der Waals surface area contributed by atoms with Gasteiger partial charge in [-0.2, -0.15) is 0 Å². The van der Waals surface area contributed by atoms with Crippen LogP contribution in [-0.4, -0.2) is 37.3 Å². The van der Waals surface area contributed by atoms with Gasteiger partial charge in [0.25, 0.3) is 0 Å². The Morgan fingerprint density at radius 1 is 0.857 bits per heavy atom. The van der Waals surface area contributed by atoms with Crippen molar-refractivity contribution in [3.8, 4) is 0 Å². The van der Waals surface area contributed by atoms with E-state index in [4.69, 9.17) is 23.7 Å². The lowest BCUT2D eigenvalue weighted by Crippen LogP contribution is -2.56. The Kier molecular flexibility index (Phi) is 6.39. The van der Waals surface area contributed by atoms with Crippen LogP contribution in [0.3, 0.4) is 0 Å². The molecule has 0 radical (unpaired) electrons. The number of rotatable bonds is 8. The summed E-state index contributed by atoms with van der Waals surface area (Å²) in [6.45, 7) is 3.35. The van der Waals surface area contributed by atoms with Gasteiger partial charge in [0, 0.05) is 0 Å². The molecule has 0 spiro atoms. The number of benzene rings is 2. The molecule has 0 saturated carbocycles. The summed E-state index contributed by atoms with van der Waals surface area (Å²) in [5.41, 5.74) is 2.21. The lowest BCUT2D eigenvalue weighted by molar-refractivity contribution is -0.255. The molecule has 0 amide bonds. The van der Waals surface area contributed by atoms with Gasteiger partial charge in [-0.05, 0) is 18.1 Å². The van der Waals surface area contributed by atoms with Crippen LogP contribution in [0.1, 0.15) is 18.1 Å². The van der Waals surface area contributed by atoms with E-state index < -0.39 is 6.29 Å². The van der Waals surface area contributed by atoms with Crippen molar-refractivity contribution in [1.29, 1.82) is 0 Å². The fourth-order valence-electron chi connectivity index (χ4n) is 3.57. The first-order valence-electron chi connectivity index (χ1n) is 9.70. The van der Waals surface area contributed by atoms with E-state index >= 15 is 0 Å². The van der Waals surface area contributed by atoms with Crippen LogP contribution in [0.4, 0.5) is 0 Å². The van der Waals surface area contributed by atoms with Gasteiger partial charge in [0.2, 0.25) is 0 Å². The number of fused-ring (bicyclic) bond motifs is 2. The number of hydrogen-bond acceptors (Lipinski definition) is 5. The Morgan fingerprint density at radius 3 is 2.07 bits per heavy atom. The molecule has 0 unspecified atom stereocenters. The van der Waals surface area contributed by atoms with Crippen molar-refractivity contribution in [2.24, 2.45) is 0 Å². The highest BCUT2D eigenvalue weighted by Crippen LogP contribution is 2.34. The van der Waals surface area contributed by atoms with E-state index in [-0.39, 0.29) is 24.4 Å². The molecule has 5 heteroatoms. The van der Waals surface area contributed by atoms with E-state index in [2.05, 4.69) is 0 Å². The van der Waals surface area contributed by atoms with Gasteiger partial charge in [-0.15, -0.1) is 0 Å². The number of allylic oxidation sites excluding steroid dienone is 1. The molecule has 2 aliphatic rings. The van der Waals surface area contributed by atoms with Gasteiger partial charge in [0.1, 0.15) is 18.3 Å². The third-order valence-corrected chi connectivity index (χ3v) is 4.96. The van der Waals surface area contributed by atoms with Crippen LogP contribution in [-0.2, 0) is 36.9 Å². The smallest absolute Gasteiger partial charge is 0.197 e. The van der Waals surface area contributed by atoms with Crippen LogP contribution in [0, 0.1) is 0 Å². The van der Waals surface area contributed by atoms with Crippen molar-refractivity contribution in [1.82, 2.24) is 0 Å². The highest BCUT2D eigenvalue weighted by molar-refractivity contribution is 5.14. The van der Waals surface area contributed by atoms with Crippen molar-refractivity contribution in [3.05, 3.63) is 84.1 Å². The van der Waals surface area contributed by atoms with Gasteiger partial charge < -0.3 is 23.7 Å². The summed E-state index contributed by atoms with van der Waals surface area (Å²) in [5, 5.41) is 0. The maximum Gasteiger partial charge on any atom is 0.197 e. The Labute approximate surface area is 165 Å². The van der Waals surface area contributed by atoms with Crippen molar-refractivity contribution in [2.45, 2.75) is 50.8 Å². The van der Waals surface area contributed by atoms with E-state index in [1.165, 1.54) is 0 Å². The van der Waals surface area contributed by atoms with Crippen molar-refractivity contribution in [2.75, 3.05) is 6.61 Å². The van der Waals surface area contributed by atoms with E-state index in [9.17, 15) is 0 Å². The van der Waals surface area contributed by atoms with E-state index in [0.717, 1.165) is 11.1 Å². The standard InChI is InChI=1S/C23H26O5/c1-2-13-24-22-21(26-15-18-11-7-4-8-12-18)20(19-16-27-23(22)28-19)25-14-17-9-5-3-6-10-17/h2-13,19-23H,14-16H2,1H3/b13-2-/t19-,20+,21+,22-,23-/m1/s1. The van der Waals surface area contributed by atoms with Gasteiger partial charge in [-0.25, -0.2) is 0 Å². The van der Waals surface area contributed by atoms with Gasteiger partial charge in [0.05, 0.1) is 26.1 Å². The molecule has 2 bridgehead atoms. The number of hydrogen-bond donors (Lipinski definition) is 0. The lowest BCUT2D eigenvalue weighted by Gasteiger charge is -2.39. The molecule has 4 rings (SSSR count). The number of ether oxygens (including phenoxy) is 5. The van der Waals surface area contributed by atoms with Crippen LogP contribution < -0.4 is 0 Å². The Bertz CT molecular complexity index is 748. The molecule has 5 nitrogen and oxygen atoms in total. The maximum absolute atomic E-state index is 6.32. The van der Waals surface area contributed by atoms with Gasteiger partial charge in [-0.3, -0.25) is 0 Å². The molecule has 2 saturated heterocycles. The van der Waals surface area contributed by atoms with E-state index in [0.29, 0.717) is 19.8 Å². The molecule has 28 heavy (non-hydrogen) atoms. The topological polar surface area (TPSA) is 46.2 Å². The predicted molar refractivity (Wildman–Crippen MR) is 104 cm³/mol. The zero-order valence-corrected chi connectivity index (χ0v) is 16.0. The summed E-state index contributed by atoms with van der Waals surface area (Å²) >= 11 is 0. The second kappa shape index (κ2) is 9.34. The van der Waals surface area contributed by atoms with Crippen molar-refractivity contribution < 1.29 is 23.7 Å². The Hall–Kier alpha value is -2.18. The highest BCUT2D eigenvalue weighted by atomic mass is 16.8. The molecule has 2 heterocycles. The van der Waals surface area contributed by atoms with Gasteiger partial charge >= 0.3 is 0 Å². The van der Waals surface area contributed by atoms with Crippen molar-refractivity contribution in [3.63, 3.8) is 0 Å². The summed E-state index contributed by atoms with van der Waals surface area (Å²) in [4.78, 5) is 0. The summed E-state index contributed by atoms with van der Waals surface area (Å²) in [5.74, 6) is 0. The SMILES string of the molecule is C/C=C\O[C@H]1[C@@H]2OC[C@@H](O2)[C@H](OCc2ccccc2)[C@@H]1OCc1ccccc1. The summed E-state index contributed by atoms with van der Waals surface area (Å²) < 4.78 is 30.3. The van der Waals surface area contributed by atoms with Crippen LogP contribution in [0.15, 0.2) is 73.0 Å². The van der Waals surface area contributed by atoms with E-state index in [1.54, 1.807) is 6.26 Å². The molecule has 2 fully saturated rings. The minimum Gasteiger partial charge on any atom is -0.490 e. The second-order valence-corrected chi connectivity index (χ2v) is 6.97. The van der Waals surface area contributed by atoms with Gasteiger partial charge in [-0.1, -0.05) is 66.7 Å². The Balaban J connectivity index is 1.51. The molecule has 2 aliphatic heterocycles. The molecule has 0 aromatic heterocycles. The van der Waals surface area contributed by atoms with Crippen LogP contribution >= 0.6 is 0 Å². The molecule has 0 N–H and O–H groups in total. The first kappa shape index (κ1) is 19.2. The molecular formula is C23H26O5. The summed E-state index contributed by atoms with van der Waals surface area (Å²) in [6, 6.07) is 20.2. The third kappa shape index (κ3) is 4.45. The van der Waals surface area contributed by atoms with Crippen LogP contribution in [0.25, 0.3) is 0 Å². The predicted octanol–water partition coefficient (Wildman–Crippen LogP) is 3.83. The zero-order valence-electron chi connectivity index (χ0n) is 16.0. The molecular weight excluding hydrogens is 356 g/mol. The fourth-order valence-corrected chi connectivity index (χ4v) is 3.57. The van der Waals surface area contributed by atoms with Crippen LogP contribution in [0.2, 0.25) is 0 Å². The molecule has 2 aromatic carbocycles. The molecule has 5 atom stereocenters. The molecule has 148 valence electrons. The summed E-state index contributed by atoms with van der Waals surface area (Å²) in [6.07, 6.45) is 1.92. The van der Waals surface area contributed by atoms with Gasteiger partial charge in [0.15, 0.2) is 12.4 Å². The summed E-state index contributed by atoms with van der Waals surface area (Å²) in [7, 11) is 0. The largest absolute Gasteiger partial charge is 0.490 e. The fraction of sp³-hybridized carbons (Fsp3) is 0.391. The minimum atomic E-state index is -0.446. The Morgan fingerprint density at radius 2 is 1.46 bits per heavy atom. The first-order chi connectivity index (χ1) is 13.8. The first-order valence-corrected chi connectivity index (χ1v) is 9.70. The van der Waals surface area contributed by atoms with Crippen molar-refractivity contribution >= 4 is 0 Å². The lowest BCUT2D eigenvalue weighted by atomic mass is 10.00. The minimum absolute atomic E-state index is 0.167. The average Bonchev–Trinajstić information content (AvgIpc) is 3.18. The normalized spacial score (nSPS) is 29.2. The monoisotopic (exact) mass is 382 g/mol. The highest BCUT2D eigenvalue weighted by Gasteiger charge is 2.53. The average molecular weight is 382 g/mol. The second-order valence-electron chi connectivity index (χ2n) is 6.97. The molecule has 0 aliphatic carbocycles.